The van der Waals surface area contributed by atoms with E-state index in [9.17, 15) is 4.79 Å². The van der Waals surface area contributed by atoms with Gasteiger partial charge in [0.1, 0.15) is 0 Å². The van der Waals surface area contributed by atoms with Crippen molar-refractivity contribution in [2.75, 3.05) is 6.61 Å². The molecule has 0 aliphatic rings. The predicted molar refractivity (Wildman–Crippen MR) is 33.9 cm³/mol. The van der Waals surface area contributed by atoms with Crippen LogP contribution in [0.5, 0.6) is 0 Å². The van der Waals surface area contributed by atoms with Crippen LogP contribution in [-0.4, -0.2) is 18.9 Å². The van der Waals surface area contributed by atoms with Crippen LogP contribution in [0, 0.1) is 0 Å². The molecule has 0 atom stereocenters. The van der Waals surface area contributed by atoms with E-state index in [-0.39, 0.29) is 0 Å². The van der Waals surface area contributed by atoms with Crippen molar-refractivity contribution in [1.82, 2.24) is 5.43 Å². The third-order valence-electron chi connectivity index (χ3n) is 0.628. The van der Waals surface area contributed by atoms with Crippen molar-refractivity contribution in [1.29, 1.82) is 0 Å². The molecule has 0 rings (SSSR count). The molecule has 0 aromatic heterocycles. The summed E-state index contributed by atoms with van der Waals surface area (Å²) in [5.74, 6) is 0.463. The van der Waals surface area contributed by atoms with Crippen LogP contribution in [-0.2, 0) is 9.53 Å². The van der Waals surface area contributed by atoms with Crippen LogP contribution < -0.4 is 5.43 Å². The Bertz CT molecular complexity index is 112. The number of ether oxygens (including phenoxy) is 1. The molecule has 0 aliphatic heterocycles. The molecule has 0 aromatic rings. The smallest absolute Gasteiger partial charge is 0.227 e. The molecule has 4 nitrogen and oxygen atoms in total. The summed E-state index contributed by atoms with van der Waals surface area (Å²) in [6, 6.07) is 0. The van der Waals surface area contributed by atoms with Gasteiger partial charge in [0.05, 0.1) is 6.61 Å². The first-order chi connectivity index (χ1) is 4.31. The molecular weight excluding hydrogens is 120 g/mol. The SMILES string of the molecule is CCO/C(C)=N\NC=O. The molecule has 0 radical (unpaired) electrons. The second kappa shape index (κ2) is 5.08. The first-order valence-electron chi connectivity index (χ1n) is 2.67. The largest absolute Gasteiger partial charge is 0.480 e. The molecule has 0 aliphatic carbocycles. The summed E-state index contributed by atoms with van der Waals surface area (Å²) in [7, 11) is 0. The monoisotopic (exact) mass is 130 g/mol. The Morgan fingerprint density at radius 3 is 3.00 bits per heavy atom. The van der Waals surface area contributed by atoms with Crippen molar-refractivity contribution < 1.29 is 9.53 Å². The summed E-state index contributed by atoms with van der Waals surface area (Å²) >= 11 is 0. The number of nitrogens with one attached hydrogen (secondary N) is 1. The molecule has 0 saturated carbocycles. The average molecular weight is 130 g/mol. The van der Waals surface area contributed by atoms with Crippen LogP contribution in [0.25, 0.3) is 0 Å². The van der Waals surface area contributed by atoms with Gasteiger partial charge in [-0.15, -0.1) is 5.10 Å². The number of hydrazone groups is 1. The second-order valence-electron chi connectivity index (χ2n) is 1.31. The maximum Gasteiger partial charge on any atom is 0.227 e. The van der Waals surface area contributed by atoms with Crippen molar-refractivity contribution in [2.45, 2.75) is 13.8 Å². The van der Waals surface area contributed by atoms with E-state index in [2.05, 4.69) is 10.5 Å². The summed E-state index contributed by atoms with van der Waals surface area (Å²) in [6.07, 6.45) is 0.489. The van der Waals surface area contributed by atoms with Gasteiger partial charge in [-0.05, 0) is 6.92 Å². The summed E-state index contributed by atoms with van der Waals surface area (Å²) < 4.78 is 4.87. The summed E-state index contributed by atoms with van der Waals surface area (Å²) in [6.45, 7) is 4.08. The first-order valence-corrected chi connectivity index (χ1v) is 2.67. The lowest BCUT2D eigenvalue weighted by atomic mass is 10.7. The zero-order valence-corrected chi connectivity index (χ0v) is 5.55. The topological polar surface area (TPSA) is 50.7 Å². The van der Waals surface area contributed by atoms with Crippen molar-refractivity contribution in [3.05, 3.63) is 0 Å². The second-order valence-corrected chi connectivity index (χ2v) is 1.31. The van der Waals surface area contributed by atoms with Crippen LogP contribution >= 0.6 is 0 Å². The molecule has 0 fully saturated rings. The predicted octanol–water partition coefficient (Wildman–Crippen LogP) is 0.102. The fourth-order valence-corrected chi connectivity index (χ4v) is 0.358. The van der Waals surface area contributed by atoms with E-state index < -0.39 is 0 Å². The minimum absolute atomic E-state index is 0.463. The first kappa shape index (κ1) is 7.94. The number of rotatable bonds is 3. The van der Waals surface area contributed by atoms with E-state index in [4.69, 9.17) is 4.74 Å². The molecule has 0 spiro atoms. The highest BCUT2D eigenvalue weighted by Crippen LogP contribution is 1.76. The fourth-order valence-electron chi connectivity index (χ4n) is 0.358. The summed E-state index contributed by atoms with van der Waals surface area (Å²) in [5.41, 5.74) is 2.12. The lowest BCUT2D eigenvalue weighted by molar-refractivity contribution is -0.109. The maximum atomic E-state index is 9.64. The van der Waals surface area contributed by atoms with Gasteiger partial charge in [0.15, 0.2) is 0 Å². The van der Waals surface area contributed by atoms with Gasteiger partial charge in [-0.1, -0.05) is 0 Å². The van der Waals surface area contributed by atoms with Gasteiger partial charge >= 0.3 is 0 Å². The van der Waals surface area contributed by atoms with E-state index in [1.165, 1.54) is 0 Å². The Balaban J connectivity index is 3.42. The van der Waals surface area contributed by atoms with E-state index in [1.807, 2.05) is 6.92 Å². The Hall–Kier alpha value is -1.06. The van der Waals surface area contributed by atoms with Crippen LogP contribution in [0.1, 0.15) is 13.8 Å². The molecule has 0 unspecified atom stereocenters. The summed E-state index contributed by atoms with van der Waals surface area (Å²) in [4.78, 5) is 9.64. The molecule has 0 aromatic carbocycles. The van der Waals surface area contributed by atoms with Crippen LogP contribution in [0.3, 0.4) is 0 Å². The summed E-state index contributed by atoms with van der Waals surface area (Å²) in [5, 5.41) is 3.51. The number of amides is 1. The van der Waals surface area contributed by atoms with Gasteiger partial charge in [0.2, 0.25) is 12.3 Å². The Labute approximate surface area is 53.9 Å². The normalized spacial score (nSPS) is 10.7. The highest BCUT2D eigenvalue weighted by atomic mass is 16.5. The van der Waals surface area contributed by atoms with Crippen molar-refractivity contribution in [2.24, 2.45) is 5.10 Å². The molecule has 0 heterocycles. The molecule has 0 saturated heterocycles. The van der Waals surface area contributed by atoms with Gasteiger partial charge in [-0.25, -0.2) is 5.43 Å². The molecule has 1 N–H and O–H groups in total. The number of nitrogens with zero attached hydrogens (tertiary/aromatic N) is 1. The van der Waals surface area contributed by atoms with Crippen LogP contribution in [0.4, 0.5) is 0 Å². The molecule has 4 heteroatoms. The molecule has 0 bridgehead atoms. The molecule has 9 heavy (non-hydrogen) atoms. The van der Waals surface area contributed by atoms with Gasteiger partial charge in [0, 0.05) is 6.92 Å². The minimum atomic E-state index is 0.463. The number of carbonyl (C=O) groups excluding carboxylic acids is 1. The number of hydrogen-bond donors (Lipinski definition) is 1. The third kappa shape index (κ3) is 4.80. The lowest BCUT2D eigenvalue weighted by Gasteiger charge is -1.97. The average Bonchev–Trinajstić information content (AvgIpc) is 1.85. The number of carbonyl (C=O) groups is 1. The Morgan fingerprint density at radius 1 is 1.89 bits per heavy atom. The van der Waals surface area contributed by atoms with Crippen molar-refractivity contribution >= 4 is 12.3 Å². The maximum absolute atomic E-state index is 9.64. The standard InChI is InChI=1S/C5H10N2O2/c1-3-9-5(2)7-6-4-8/h4H,3H2,1-2H3,(H,6,8)/b7-5-. The minimum Gasteiger partial charge on any atom is -0.480 e. The highest BCUT2D eigenvalue weighted by Gasteiger charge is 1.84. The molecule has 1 amide bonds. The van der Waals surface area contributed by atoms with E-state index in [0.717, 1.165) is 0 Å². The van der Waals surface area contributed by atoms with Crippen LogP contribution in [0.15, 0.2) is 5.10 Å². The third-order valence-corrected chi connectivity index (χ3v) is 0.628. The van der Waals surface area contributed by atoms with Crippen LogP contribution in [0.2, 0.25) is 0 Å². The van der Waals surface area contributed by atoms with Crippen molar-refractivity contribution in [3.63, 3.8) is 0 Å². The quantitative estimate of drug-likeness (QED) is 0.255. The van der Waals surface area contributed by atoms with E-state index in [1.54, 1.807) is 6.92 Å². The van der Waals surface area contributed by atoms with Gasteiger partial charge in [-0.3, -0.25) is 4.79 Å². The Kier molecular flexibility index (Phi) is 4.49. The van der Waals surface area contributed by atoms with Gasteiger partial charge in [0.25, 0.3) is 0 Å². The molecular formula is C5H10N2O2. The highest BCUT2D eigenvalue weighted by molar-refractivity contribution is 5.73. The fraction of sp³-hybridized carbons (Fsp3) is 0.600. The number of hydrogen-bond acceptors (Lipinski definition) is 3. The van der Waals surface area contributed by atoms with E-state index in [0.29, 0.717) is 18.9 Å². The lowest BCUT2D eigenvalue weighted by Crippen LogP contribution is -2.07. The molecule has 52 valence electrons. The van der Waals surface area contributed by atoms with Gasteiger partial charge < -0.3 is 4.74 Å². The zero-order valence-electron chi connectivity index (χ0n) is 5.55. The Morgan fingerprint density at radius 2 is 2.56 bits per heavy atom. The van der Waals surface area contributed by atoms with E-state index >= 15 is 0 Å². The van der Waals surface area contributed by atoms with Gasteiger partial charge in [-0.2, -0.15) is 0 Å². The van der Waals surface area contributed by atoms with Crippen molar-refractivity contribution in [3.8, 4) is 0 Å². The zero-order chi connectivity index (χ0) is 7.11.